The SMILES string of the molecule is CC(C)(C)OC(=O)NCC(C)(NC(=O)C=C(c1ccccc1)C(F)(F)F)C1CC1. The molecule has 1 fully saturated rings. The number of nitrogens with one attached hydrogen (secondary N) is 2. The van der Waals surface area contributed by atoms with E-state index in [4.69, 9.17) is 4.74 Å². The van der Waals surface area contributed by atoms with Crippen molar-refractivity contribution in [1.82, 2.24) is 10.6 Å². The minimum absolute atomic E-state index is 0.0544. The molecule has 1 saturated carbocycles. The second kappa shape index (κ2) is 8.47. The summed E-state index contributed by atoms with van der Waals surface area (Å²) < 4.78 is 45.6. The Labute approximate surface area is 168 Å². The number of ether oxygens (including phenoxy) is 1. The highest BCUT2D eigenvalue weighted by molar-refractivity contribution is 5.96. The topological polar surface area (TPSA) is 67.4 Å². The lowest BCUT2D eigenvalue weighted by Crippen LogP contribution is -2.55. The zero-order valence-electron chi connectivity index (χ0n) is 17.0. The van der Waals surface area contributed by atoms with Crippen molar-refractivity contribution < 1.29 is 27.5 Å². The average molecular weight is 412 g/mol. The first kappa shape index (κ1) is 22.8. The summed E-state index contributed by atoms with van der Waals surface area (Å²) in [7, 11) is 0. The molecular formula is C21H27F3N2O3. The number of alkyl carbamates (subject to hydrolysis) is 1. The molecule has 0 saturated heterocycles. The molecule has 0 bridgehead atoms. The van der Waals surface area contributed by atoms with E-state index in [1.54, 1.807) is 33.8 Å². The van der Waals surface area contributed by atoms with Gasteiger partial charge in [-0.3, -0.25) is 4.79 Å². The maximum Gasteiger partial charge on any atom is 0.417 e. The number of halogens is 3. The van der Waals surface area contributed by atoms with E-state index in [0.717, 1.165) is 12.8 Å². The largest absolute Gasteiger partial charge is 0.444 e. The van der Waals surface area contributed by atoms with Crippen molar-refractivity contribution in [2.45, 2.75) is 57.9 Å². The number of amides is 2. The van der Waals surface area contributed by atoms with Gasteiger partial charge in [0.25, 0.3) is 0 Å². The van der Waals surface area contributed by atoms with Gasteiger partial charge in [0.15, 0.2) is 0 Å². The molecule has 0 spiro atoms. The van der Waals surface area contributed by atoms with Crippen LogP contribution in [0.4, 0.5) is 18.0 Å². The molecule has 2 amide bonds. The smallest absolute Gasteiger partial charge is 0.417 e. The normalized spacial score (nSPS) is 17.3. The van der Waals surface area contributed by atoms with Crippen LogP contribution in [0.25, 0.3) is 5.57 Å². The number of allylic oxidation sites excluding steroid dienone is 1. The number of hydrogen-bond donors (Lipinski definition) is 2. The first-order chi connectivity index (χ1) is 13.3. The molecule has 1 aromatic carbocycles. The molecule has 5 nitrogen and oxygen atoms in total. The molecule has 0 aliphatic heterocycles. The van der Waals surface area contributed by atoms with Crippen LogP contribution in [0.3, 0.4) is 0 Å². The molecule has 1 atom stereocenters. The second-order valence-corrected chi connectivity index (χ2v) is 8.46. The zero-order valence-corrected chi connectivity index (χ0v) is 17.0. The summed E-state index contributed by atoms with van der Waals surface area (Å²) in [6.07, 6.45) is -3.11. The number of rotatable bonds is 6. The van der Waals surface area contributed by atoms with Gasteiger partial charge < -0.3 is 15.4 Å². The van der Waals surface area contributed by atoms with Crippen molar-refractivity contribution in [3.8, 4) is 0 Å². The van der Waals surface area contributed by atoms with Gasteiger partial charge in [-0.05, 0) is 52.0 Å². The summed E-state index contributed by atoms with van der Waals surface area (Å²) in [6.45, 7) is 6.94. The fourth-order valence-electron chi connectivity index (χ4n) is 2.98. The molecule has 0 radical (unpaired) electrons. The summed E-state index contributed by atoms with van der Waals surface area (Å²) in [4.78, 5) is 24.4. The Morgan fingerprint density at radius 2 is 1.69 bits per heavy atom. The van der Waals surface area contributed by atoms with Gasteiger partial charge in [0.05, 0.1) is 11.1 Å². The average Bonchev–Trinajstić information content (AvgIpc) is 3.42. The van der Waals surface area contributed by atoms with Gasteiger partial charge in [0, 0.05) is 12.6 Å². The Bertz CT molecular complexity index is 766. The summed E-state index contributed by atoms with van der Waals surface area (Å²) in [5.74, 6) is -0.789. The summed E-state index contributed by atoms with van der Waals surface area (Å²) in [5, 5.41) is 5.26. The first-order valence-corrected chi connectivity index (χ1v) is 9.43. The number of carbonyl (C=O) groups excluding carboxylic acids is 2. The van der Waals surface area contributed by atoms with Gasteiger partial charge in [0.2, 0.25) is 5.91 Å². The molecule has 1 aliphatic rings. The van der Waals surface area contributed by atoms with Gasteiger partial charge in [-0.15, -0.1) is 0 Å². The quantitative estimate of drug-likeness (QED) is 0.679. The standard InChI is InChI=1S/C21H27F3N2O3/c1-19(2,3)29-18(28)25-13-20(4,15-10-11-15)26-17(27)12-16(21(22,23)24)14-8-6-5-7-9-14/h5-9,12,15H,10-11,13H2,1-4H3,(H,25,28)(H,26,27). The highest BCUT2D eigenvalue weighted by Crippen LogP contribution is 2.39. The van der Waals surface area contributed by atoms with Crippen molar-refractivity contribution >= 4 is 17.6 Å². The van der Waals surface area contributed by atoms with E-state index in [-0.39, 0.29) is 18.0 Å². The molecule has 8 heteroatoms. The molecule has 1 aliphatic carbocycles. The lowest BCUT2D eigenvalue weighted by molar-refractivity contribution is -0.118. The predicted molar refractivity (Wildman–Crippen MR) is 104 cm³/mol. The van der Waals surface area contributed by atoms with E-state index in [1.807, 2.05) is 0 Å². The fourth-order valence-corrected chi connectivity index (χ4v) is 2.98. The van der Waals surface area contributed by atoms with Gasteiger partial charge >= 0.3 is 12.3 Å². The molecule has 1 unspecified atom stereocenters. The lowest BCUT2D eigenvalue weighted by atomic mass is 9.95. The minimum Gasteiger partial charge on any atom is -0.444 e. The zero-order chi connectivity index (χ0) is 21.9. The molecule has 2 N–H and O–H groups in total. The summed E-state index contributed by atoms with van der Waals surface area (Å²) in [5.41, 5.74) is -2.66. The lowest BCUT2D eigenvalue weighted by Gasteiger charge is -2.31. The van der Waals surface area contributed by atoms with Crippen LogP contribution in [0.5, 0.6) is 0 Å². The molecule has 1 aromatic rings. The van der Waals surface area contributed by atoms with Crippen molar-refractivity contribution in [1.29, 1.82) is 0 Å². The number of carbonyl (C=O) groups is 2. The van der Waals surface area contributed by atoms with Crippen molar-refractivity contribution in [2.75, 3.05) is 6.54 Å². The van der Waals surface area contributed by atoms with Crippen molar-refractivity contribution in [3.63, 3.8) is 0 Å². The molecular weight excluding hydrogens is 385 g/mol. The minimum atomic E-state index is -4.68. The third-order valence-electron chi connectivity index (χ3n) is 4.55. The van der Waals surface area contributed by atoms with Crippen LogP contribution >= 0.6 is 0 Å². The molecule has 29 heavy (non-hydrogen) atoms. The van der Waals surface area contributed by atoms with Crippen LogP contribution in [-0.2, 0) is 9.53 Å². The van der Waals surface area contributed by atoms with Crippen LogP contribution < -0.4 is 10.6 Å². The molecule has 0 heterocycles. The van der Waals surface area contributed by atoms with Gasteiger partial charge in [-0.1, -0.05) is 30.3 Å². The van der Waals surface area contributed by atoms with E-state index >= 15 is 0 Å². The summed E-state index contributed by atoms with van der Waals surface area (Å²) in [6, 6.07) is 7.16. The molecule has 2 rings (SSSR count). The van der Waals surface area contributed by atoms with Crippen LogP contribution in [0.15, 0.2) is 36.4 Å². The van der Waals surface area contributed by atoms with Gasteiger partial charge in [-0.2, -0.15) is 13.2 Å². The second-order valence-electron chi connectivity index (χ2n) is 8.46. The van der Waals surface area contributed by atoms with Crippen LogP contribution in [0.1, 0.15) is 46.1 Å². The van der Waals surface area contributed by atoms with Crippen LogP contribution in [0.2, 0.25) is 0 Å². The van der Waals surface area contributed by atoms with E-state index < -0.39 is 34.9 Å². The fraction of sp³-hybridized carbons (Fsp3) is 0.524. The maximum atomic E-state index is 13.5. The van der Waals surface area contributed by atoms with Gasteiger partial charge in [-0.25, -0.2) is 4.79 Å². The number of alkyl halides is 3. The first-order valence-electron chi connectivity index (χ1n) is 9.43. The van der Waals surface area contributed by atoms with E-state index in [0.29, 0.717) is 6.08 Å². The Morgan fingerprint density at radius 1 is 1.10 bits per heavy atom. The monoisotopic (exact) mass is 412 g/mol. The molecule has 0 aromatic heterocycles. The van der Waals surface area contributed by atoms with Crippen LogP contribution in [-0.4, -0.2) is 35.9 Å². The van der Waals surface area contributed by atoms with Gasteiger partial charge in [0.1, 0.15) is 5.60 Å². The predicted octanol–water partition coefficient (Wildman–Crippen LogP) is 4.44. The number of hydrogen-bond acceptors (Lipinski definition) is 3. The summed E-state index contributed by atoms with van der Waals surface area (Å²) >= 11 is 0. The Morgan fingerprint density at radius 3 is 2.17 bits per heavy atom. The maximum absolute atomic E-state index is 13.5. The third kappa shape index (κ3) is 7.11. The Hall–Kier alpha value is -2.51. The Balaban J connectivity index is 2.13. The van der Waals surface area contributed by atoms with Crippen LogP contribution in [0, 0.1) is 5.92 Å². The van der Waals surface area contributed by atoms with E-state index in [1.165, 1.54) is 24.3 Å². The molecule has 160 valence electrons. The van der Waals surface area contributed by atoms with Crippen molar-refractivity contribution in [3.05, 3.63) is 42.0 Å². The number of benzene rings is 1. The van der Waals surface area contributed by atoms with E-state index in [2.05, 4.69) is 10.6 Å². The third-order valence-corrected chi connectivity index (χ3v) is 4.55. The van der Waals surface area contributed by atoms with E-state index in [9.17, 15) is 22.8 Å². The highest BCUT2D eigenvalue weighted by atomic mass is 19.4. The Kier molecular flexibility index (Phi) is 6.65. The van der Waals surface area contributed by atoms with Crippen molar-refractivity contribution in [2.24, 2.45) is 5.92 Å². The highest BCUT2D eigenvalue weighted by Gasteiger charge is 2.43.